The Morgan fingerprint density at radius 2 is 1.90 bits per heavy atom. The van der Waals surface area contributed by atoms with Crippen molar-refractivity contribution in [2.24, 2.45) is 12.0 Å². The van der Waals surface area contributed by atoms with E-state index in [9.17, 15) is 0 Å². The van der Waals surface area contributed by atoms with Crippen LogP contribution in [0.25, 0.3) is 0 Å². The van der Waals surface area contributed by atoms with Crippen LogP contribution >= 0.6 is 0 Å². The zero-order chi connectivity index (χ0) is 21.9. The number of ether oxygens (including phenoxy) is 2. The van der Waals surface area contributed by atoms with E-state index in [1.54, 1.807) is 14.2 Å². The molecular weight excluding hydrogens is 378 g/mol. The van der Waals surface area contributed by atoms with Crippen molar-refractivity contribution in [3.05, 3.63) is 46.3 Å². The second-order valence-electron chi connectivity index (χ2n) is 7.29. The zero-order valence-corrected chi connectivity index (χ0v) is 19.3. The minimum absolute atomic E-state index is 0.633. The first kappa shape index (κ1) is 23.7. The van der Waals surface area contributed by atoms with Crippen LogP contribution in [0, 0.1) is 6.92 Å². The molecule has 2 N–H and O–H groups in total. The van der Waals surface area contributed by atoms with Crippen molar-refractivity contribution in [2.75, 3.05) is 27.4 Å². The molecule has 1 heterocycles. The molecule has 0 fully saturated rings. The lowest BCUT2D eigenvalue weighted by molar-refractivity contribution is 0.171. The summed E-state index contributed by atoms with van der Waals surface area (Å²) in [5, 5.41) is 11.5. The van der Waals surface area contributed by atoms with Crippen molar-refractivity contribution in [3.8, 4) is 5.75 Å². The maximum Gasteiger partial charge on any atom is 0.191 e. The lowest BCUT2D eigenvalue weighted by atomic mass is 10.1. The van der Waals surface area contributed by atoms with Crippen molar-refractivity contribution in [3.63, 3.8) is 0 Å². The fourth-order valence-electron chi connectivity index (χ4n) is 3.49. The number of aromatic nitrogens is 2. The molecule has 0 spiro atoms. The second-order valence-corrected chi connectivity index (χ2v) is 7.29. The summed E-state index contributed by atoms with van der Waals surface area (Å²) in [5.74, 6) is 1.66. The van der Waals surface area contributed by atoms with Crippen molar-refractivity contribution in [1.29, 1.82) is 0 Å². The lowest BCUT2D eigenvalue weighted by Crippen LogP contribution is -2.36. The molecule has 7 nitrogen and oxygen atoms in total. The molecule has 2 aromatic rings. The van der Waals surface area contributed by atoms with Crippen LogP contribution in [0.15, 0.2) is 23.2 Å². The first-order valence-electron chi connectivity index (χ1n) is 10.7. The summed E-state index contributed by atoms with van der Waals surface area (Å²) >= 11 is 0. The molecule has 0 amide bonds. The van der Waals surface area contributed by atoms with Crippen LogP contribution in [0.2, 0.25) is 0 Å². The van der Waals surface area contributed by atoms with Crippen molar-refractivity contribution < 1.29 is 9.47 Å². The van der Waals surface area contributed by atoms with Crippen molar-refractivity contribution in [1.82, 2.24) is 20.4 Å². The third kappa shape index (κ3) is 6.49. The third-order valence-electron chi connectivity index (χ3n) is 5.10. The molecule has 0 bridgehead atoms. The SMILES string of the molecule is CCc1nn(C)c(CC)c1CNC(=NC)NCc1ccc(C)cc1OCCCOC. The van der Waals surface area contributed by atoms with Crippen molar-refractivity contribution >= 4 is 5.96 Å². The molecule has 166 valence electrons. The van der Waals surface area contributed by atoms with E-state index in [1.165, 1.54) is 16.8 Å². The van der Waals surface area contributed by atoms with Gasteiger partial charge in [0.2, 0.25) is 0 Å². The molecule has 0 aliphatic heterocycles. The summed E-state index contributed by atoms with van der Waals surface area (Å²) in [6.07, 6.45) is 2.74. The Morgan fingerprint density at radius 3 is 2.57 bits per heavy atom. The highest BCUT2D eigenvalue weighted by molar-refractivity contribution is 5.79. The van der Waals surface area contributed by atoms with Gasteiger partial charge in [0.05, 0.1) is 12.3 Å². The van der Waals surface area contributed by atoms with Gasteiger partial charge < -0.3 is 20.1 Å². The van der Waals surface area contributed by atoms with Gasteiger partial charge in [0, 0.05) is 64.1 Å². The van der Waals surface area contributed by atoms with Crippen LogP contribution in [0.5, 0.6) is 5.75 Å². The summed E-state index contributed by atoms with van der Waals surface area (Å²) in [6.45, 7) is 9.05. The number of benzene rings is 1. The molecule has 0 radical (unpaired) electrons. The summed E-state index contributed by atoms with van der Waals surface area (Å²) < 4.78 is 13.1. The van der Waals surface area contributed by atoms with E-state index in [-0.39, 0.29) is 0 Å². The van der Waals surface area contributed by atoms with Crippen LogP contribution in [0.1, 0.15) is 48.3 Å². The Morgan fingerprint density at radius 1 is 1.13 bits per heavy atom. The topological polar surface area (TPSA) is 72.7 Å². The van der Waals surface area contributed by atoms with Gasteiger partial charge in [-0.3, -0.25) is 9.67 Å². The molecule has 0 saturated carbocycles. The first-order valence-corrected chi connectivity index (χ1v) is 10.7. The van der Waals surface area contributed by atoms with Crippen LogP contribution in [-0.4, -0.2) is 43.1 Å². The Kier molecular flexibility index (Phi) is 9.67. The van der Waals surface area contributed by atoms with Gasteiger partial charge in [-0.15, -0.1) is 0 Å². The number of hydrogen-bond donors (Lipinski definition) is 2. The van der Waals surface area contributed by atoms with E-state index in [0.717, 1.165) is 42.2 Å². The molecule has 30 heavy (non-hydrogen) atoms. The van der Waals surface area contributed by atoms with E-state index in [2.05, 4.69) is 59.7 Å². The van der Waals surface area contributed by atoms with Crippen LogP contribution < -0.4 is 15.4 Å². The molecule has 0 aliphatic rings. The highest BCUT2D eigenvalue weighted by Gasteiger charge is 2.14. The van der Waals surface area contributed by atoms with Crippen LogP contribution in [-0.2, 0) is 37.7 Å². The number of aryl methyl sites for hydroxylation is 3. The summed E-state index contributed by atoms with van der Waals surface area (Å²) in [6, 6.07) is 6.29. The van der Waals surface area contributed by atoms with Gasteiger partial charge in [-0.2, -0.15) is 5.10 Å². The Labute approximate surface area is 180 Å². The number of aliphatic imine (C=N–C) groups is 1. The van der Waals surface area contributed by atoms with Gasteiger partial charge in [0.15, 0.2) is 5.96 Å². The minimum atomic E-state index is 0.633. The predicted octanol–water partition coefficient (Wildman–Crippen LogP) is 3.13. The quantitative estimate of drug-likeness (QED) is 0.335. The van der Waals surface area contributed by atoms with Gasteiger partial charge in [0.25, 0.3) is 0 Å². The molecule has 1 aromatic heterocycles. The Bertz CT molecular complexity index is 829. The monoisotopic (exact) mass is 415 g/mol. The molecular formula is C23H37N5O2. The van der Waals surface area contributed by atoms with Gasteiger partial charge in [-0.1, -0.05) is 26.0 Å². The van der Waals surface area contributed by atoms with Crippen LogP contribution in [0.4, 0.5) is 0 Å². The van der Waals surface area contributed by atoms with Gasteiger partial charge >= 0.3 is 0 Å². The fourth-order valence-corrected chi connectivity index (χ4v) is 3.49. The molecule has 0 aliphatic carbocycles. The standard InChI is InChI=1S/C23H37N5O2/c1-7-20-19(21(8-2)28(5)27-20)16-26-23(24-4)25-15-18-11-10-17(3)14-22(18)30-13-9-12-29-6/h10-11,14H,7-9,12-13,15-16H2,1-6H3,(H2,24,25,26). The number of methoxy groups -OCH3 is 1. The normalized spacial score (nSPS) is 11.6. The third-order valence-corrected chi connectivity index (χ3v) is 5.10. The summed E-state index contributed by atoms with van der Waals surface area (Å²) in [5.41, 5.74) is 5.95. The number of rotatable bonds is 11. The Hall–Kier alpha value is -2.54. The first-order chi connectivity index (χ1) is 14.5. The maximum absolute atomic E-state index is 5.99. The Balaban J connectivity index is 2.00. The smallest absolute Gasteiger partial charge is 0.191 e. The van der Waals surface area contributed by atoms with E-state index in [1.807, 2.05) is 11.7 Å². The van der Waals surface area contributed by atoms with E-state index in [4.69, 9.17) is 9.47 Å². The maximum atomic E-state index is 5.99. The zero-order valence-electron chi connectivity index (χ0n) is 19.3. The number of hydrogen-bond acceptors (Lipinski definition) is 4. The lowest BCUT2D eigenvalue weighted by Gasteiger charge is -2.16. The van der Waals surface area contributed by atoms with Crippen molar-refractivity contribution in [2.45, 2.75) is 53.1 Å². The van der Waals surface area contributed by atoms with Gasteiger partial charge in [0.1, 0.15) is 5.75 Å². The van der Waals surface area contributed by atoms with Gasteiger partial charge in [-0.25, -0.2) is 0 Å². The molecule has 2 rings (SSSR count). The van der Waals surface area contributed by atoms with E-state index in [0.29, 0.717) is 26.3 Å². The number of nitrogens with zero attached hydrogens (tertiary/aromatic N) is 3. The molecule has 0 saturated heterocycles. The van der Waals surface area contributed by atoms with Gasteiger partial charge in [-0.05, 0) is 31.4 Å². The highest BCUT2D eigenvalue weighted by atomic mass is 16.5. The van der Waals surface area contributed by atoms with Crippen LogP contribution in [0.3, 0.4) is 0 Å². The van der Waals surface area contributed by atoms with E-state index < -0.39 is 0 Å². The predicted molar refractivity (Wildman–Crippen MR) is 122 cm³/mol. The summed E-state index contributed by atoms with van der Waals surface area (Å²) in [7, 11) is 5.51. The molecule has 0 unspecified atom stereocenters. The average Bonchev–Trinajstić information content (AvgIpc) is 3.06. The fraction of sp³-hybridized carbons (Fsp3) is 0.565. The number of guanidine groups is 1. The second kappa shape index (κ2) is 12.2. The molecule has 1 aromatic carbocycles. The average molecular weight is 416 g/mol. The molecule has 7 heteroatoms. The number of nitrogens with one attached hydrogen (secondary N) is 2. The highest BCUT2D eigenvalue weighted by Crippen LogP contribution is 2.20. The minimum Gasteiger partial charge on any atom is -0.493 e. The molecule has 0 atom stereocenters. The summed E-state index contributed by atoms with van der Waals surface area (Å²) in [4.78, 5) is 4.38. The van der Waals surface area contributed by atoms with E-state index >= 15 is 0 Å². The largest absolute Gasteiger partial charge is 0.493 e.